The van der Waals surface area contributed by atoms with E-state index in [0.717, 1.165) is 51.0 Å². The first-order valence-electron chi connectivity index (χ1n) is 9.79. The molecular formula is C23H30N2O. The minimum absolute atomic E-state index is 0.0509. The van der Waals surface area contributed by atoms with Crippen LogP contribution in [-0.4, -0.2) is 30.4 Å². The molecule has 0 spiro atoms. The maximum atomic E-state index is 12.3. The van der Waals surface area contributed by atoms with Gasteiger partial charge in [-0.3, -0.25) is 9.69 Å². The zero-order valence-corrected chi connectivity index (χ0v) is 16.0. The fourth-order valence-electron chi connectivity index (χ4n) is 3.61. The second-order valence-corrected chi connectivity index (χ2v) is 7.41. The summed E-state index contributed by atoms with van der Waals surface area (Å²) in [6, 6.07) is 16.6. The van der Waals surface area contributed by atoms with Gasteiger partial charge < -0.3 is 5.32 Å². The zero-order valence-electron chi connectivity index (χ0n) is 16.0. The van der Waals surface area contributed by atoms with Crippen LogP contribution in [0.25, 0.3) is 0 Å². The fourth-order valence-corrected chi connectivity index (χ4v) is 3.61. The number of amides is 1. The van der Waals surface area contributed by atoms with Gasteiger partial charge in [-0.05, 0) is 74.0 Å². The number of hydrogen-bond acceptors (Lipinski definition) is 2. The number of benzene rings is 2. The molecule has 1 fully saturated rings. The highest BCUT2D eigenvalue weighted by atomic mass is 16.1. The van der Waals surface area contributed by atoms with Crippen LogP contribution < -0.4 is 5.32 Å². The molecule has 1 aliphatic rings. The van der Waals surface area contributed by atoms with Crippen LogP contribution in [0.1, 0.15) is 46.8 Å². The lowest BCUT2D eigenvalue weighted by Gasteiger charge is -2.32. The molecule has 26 heavy (non-hydrogen) atoms. The fraction of sp³-hybridized carbons (Fsp3) is 0.435. The van der Waals surface area contributed by atoms with Crippen molar-refractivity contribution in [2.24, 2.45) is 5.92 Å². The average Bonchev–Trinajstić information content (AvgIpc) is 2.69. The van der Waals surface area contributed by atoms with Gasteiger partial charge in [-0.15, -0.1) is 0 Å². The summed E-state index contributed by atoms with van der Waals surface area (Å²) in [5, 5.41) is 3.12. The maximum absolute atomic E-state index is 12.3. The van der Waals surface area contributed by atoms with Gasteiger partial charge >= 0.3 is 0 Å². The number of carbonyl (C=O) groups excluding carboxylic acids is 1. The van der Waals surface area contributed by atoms with Crippen molar-refractivity contribution in [3.05, 3.63) is 70.8 Å². The standard InChI is InChI=1S/C23H30N2O/c1-3-19-8-10-21(11-9-19)23(26)24-16-20-12-14-25(15-13-20)17-22-7-5-4-6-18(22)2/h4-11,20H,3,12-17H2,1-2H3,(H,24,26). The highest BCUT2D eigenvalue weighted by Gasteiger charge is 2.20. The lowest BCUT2D eigenvalue weighted by molar-refractivity contribution is 0.0935. The summed E-state index contributed by atoms with van der Waals surface area (Å²) >= 11 is 0. The Morgan fingerprint density at radius 3 is 2.42 bits per heavy atom. The molecule has 0 unspecified atom stereocenters. The third-order valence-corrected chi connectivity index (χ3v) is 5.54. The first-order chi connectivity index (χ1) is 12.7. The molecule has 0 aromatic heterocycles. The van der Waals surface area contributed by atoms with E-state index in [1.54, 1.807) is 0 Å². The number of likely N-dealkylation sites (tertiary alicyclic amines) is 1. The Morgan fingerprint density at radius 1 is 1.08 bits per heavy atom. The topological polar surface area (TPSA) is 32.3 Å². The highest BCUT2D eigenvalue weighted by molar-refractivity contribution is 5.94. The quantitative estimate of drug-likeness (QED) is 0.847. The molecule has 0 aliphatic carbocycles. The second-order valence-electron chi connectivity index (χ2n) is 7.41. The van der Waals surface area contributed by atoms with Crippen molar-refractivity contribution >= 4 is 5.91 Å². The summed E-state index contributed by atoms with van der Waals surface area (Å²) < 4.78 is 0. The monoisotopic (exact) mass is 350 g/mol. The molecule has 2 aromatic rings. The first-order valence-corrected chi connectivity index (χ1v) is 9.79. The molecule has 0 atom stereocenters. The van der Waals surface area contributed by atoms with Crippen LogP contribution in [0.3, 0.4) is 0 Å². The number of hydrogen-bond donors (Lipinski definition) is 1. The van der Waals surface area contributed by atoms with E-state index >= 15 is 0 Å². The van der Waals surface area contributed by atoms with Gasteiger partial charge in [0.15, 0.2) is 0 Å². The van der Waals surface area contributed by atoms with E-state index in [2.05, 4.69) is 48.3 Å². The third kappa shape index (κ3) is 4.95. The Labute approximate surface area is 157 Å². The molecule has 3 heteroatoms. The molecule has 0 radical (unpaired) electrons. The minimum atomic E-state index is 0.0509. The van der Waals surface area contributed by atoms with Gasteiger partial charge in [-0.25, -0.2) is 0 Å². The van der Waals surface area contributed by atoms with Crippen molar-refractivity contribution < 1.29 is 4.79 Å². The molecule has 1 heterocycles. The van der Waals surface area contributed by atoms with Crippen LogP contribution in [0.4, 0.5) is 0 Å². The van der Waals surface area contributed by atoms with E-state index < -0.39 is 0 Å². The van der Waals surface area contributed by atoms with Gasteiger partial charge in [0.1, 0.15) is 0 Å². The van der Waals surface area contributed by atoms with Gasteiger partial charge in [0.05, 0.1) is 0 Å². The van der Waals surface area contributed by atoms with Gasteiger partial charge in [-0.1, -0.05) is 43.3 Å². The summed E-state index contributed by atoms with van der Waals surface area (Å²) in [5.74, 6) is 0.636. The first kappa shape index (κ1) is 18.7. The Hall–Kier alpha value is -2.13. The number of piperidine rings is 1. The number of aryl methyl sites for hydroxylation is 2. The smallest absolute Gasteiger partial charge is 0.251 e. The lowest BCUT2D eigenvalue weighted by atomic mass is 9.96. The van der Waals surface area contributed by atoms with Crippen LogP contribution in [0, 0.1) is 12.8 Å². The van der Waals surface area contributed by atoms with Gasteiger partial charge in [0, 0.05) is 18.7 Å². The van der Waals surface area contributed by atoms with E-state index in [9.17, 15) is 4.79 Å². The van der Waals surface area contributed by atoms with Crippen LogP contribution in [0.2, 0.25) is 0 Å². The highest BCUT2D eigenvalue weighted by Crippen LogP contribution is 2.19. The van der Waals surface area contributed by atoms with Crippen LogP contribution >= 0.6 is 0 Å². The summed E-state index contributed by atoms with van der Waals surface area (Å²) in [7, 11) is 0. The van der Waals surface area contributed by atoms with E-state index in [4.69, 9.17) is 0 Å². The lowest BCUT2D eigenvalue weighted by Crippen LogP contribution is -2.38. The van der Waals surface area contributed by atoms with E-state index in [0.29, 0.717) is 5.92 Å². The van der Waals surface area contributed by atoms with Gasteiger partial charge in [0.2, 0.25) is 0 Å². The summed E-state index contributed by atoms with van der Waals surface area (Å²) in [4.78, 5) is 14.8. The number of nitrogens with zero attached hydrogens (tertiary/aromatic N) is 1. The molecule has 1 N–H and O–H groups in total. The Balaban J connectivity index is 1.42. The van der Waals surface area contributed by atoms with E-state index in [1.807, 2.05) is 24.3 Å². The molecule has 138 valence electrons. The van der Waals surface area contributed by atoms with Crippen molar-refractivity contribution in [2.45, 2.75) is 39.7 Å². The predicted octanol–water partition coefficient (Wildman–Crippen LogP) is 4.20. The molecule has 1 saturated heterocycles. The molecule has 0 bridgehead atoms. The summed E-state index contributed by atoms with van der Waals surface area (Å²) in [6.07, 6.45) is 3.31. The number of rotatable bonds is 6. The van der Waals surface area contributed by atoms with Crippen LogP contribution in [0.15, 0.2) is 48.5 Å². The Morgan fingerprint density at radius 2 is 1.77 bits per heavy atom. The van der Waals surface area contributed by atoms with E-state index in [1.165, 1.54) is 16.7 Å². The van der Waals surface area contributed by atoms with Gasteiger partial charge in [-0.2, -0.15) is 0 Å². The minimum Gasteiger partial charge on any atom is -0.352 e. The molecule has 3 rings (SSSR count). The predicted molar refractivity (Wildman–Crippen MR) is 107 cm³/mol. The van der Waals surface area contributed by atoms with Crippen LogP contribution in [-0.2, 0) is 13.0 Å². The molecular weight excluding hydrogens is 320 g/mol. The summed E-state index contributed by atoms with van der Waals surface area (Å²) in [5.41, 5.74) is 4.83. The largest absolute Gasteiger partial charge is 0.352 e. The molecule has 3 nitrogen and oxygen atoms in total. The second kappa shape index (κ2) is 9.00. The summed E-state index contributed by atoms with van der Waals surface area (Å²) in [6.45, 7) is 8.35. The van der Waals surface area contributed by atoms with Crippen LogP contribution in [0.5, 0.6) is 0 Å². The normalized spacial score (nSPS) is 15.8. The van der Waals surface area contributed by atoms with Crippen molar-refractivity contribution in [2.75, 3.05) is 19.6 Å². The molecule has 1 aliphatic heterocycles. The van der Waals surface area contributed by atoms with Crippen molar-refractivity contribution in [3.8, 4) is 0 Å². The van der Waals surface area contributed by atoms with Crippen molar-refractivity contribution in [3.63, 3.8) is 0 Å². The number of nitrogens with one attached hydrogen (secondary N) is 1. The molecule has 0 saturated carbocycles. The average molecular weight is 351 g/mol. The zero-order chi connectivity index (χ0) is 18.4. The molecule has 1 amide bonds. The van der Waals surface area contributed by atoms with Crippen molar-refractivity contribution in [1.29, 1.82) is 0 Å². The van der Waals surface area contributed by atoms with Crippen molar-refractivity contribution in [1.82, 2.24) is 10.2 Å². The van der Waals surface area contributed by atoms with Gasteiger partial charge in [0.25, 0.3) is 5.91 Å². The Bertz CT molecular complexity index is 715. The maximum Gasteiger partial charge on any atom is 0.251 e. The molecule has 2 aromatic carbocycles. The third-order valence-electron chi connectivity index (χ3n) is 5.54. The van der Waals surface area contributed by atoms with E-state index in [-0.39, 0.29) is 5.91 Å². The Kier molecular flexibility index (Phi) is 6.45. The SMILES string of the molecule is CCc1ccc(C(=O)NCC2CCN(Cc3ccccc3C)CC2)cc1. The number of carbonyl (C=O) groups is 1.